The van der Waals surface area contributed by atoms with Gasteiger partial charge in [0.1, 0.15) is 5.75 Å². The molecule has 0 aliphatic carbocycles. The number of thioether (sulfide) groups is 1. The molecule has 2 amide bonds. The summed E-state index contributed by atoms with van der Waals surface area (Å²) in [5, 5.41) is 5.48. The normalized spacial score (nSPS) is 14.9. The number of carbonyl (C=O) groups excluding carboxylic acids is 3. The van der Waals surface area contributed by atoms with Crippen molar-refractivity contribution in [2.75, 3.05) is 10.6 Å². The average Bonchev–Trinajstić information content (AvgIpc) is 2.76. The molecule has 0 spiro atoms. The molecule has 6 nitrogen and oxygen atoms in total. The zero-order valence-electron chi connectivity index (χ0n) is 16.1. The summed E-state index contributed by atoms with van der Waals surface area (Å²) in [5.41, 5.74) is 1.76. The molecule has 0 radical (unpaired) electrons. The lowest BCUT2D eigenvalue weighted by molar-refractivity contribution is -0.135. The third-order valence-electron chi connectivity index (χ3n) is 4.49. The number of benzene rings is 3. The molecule has 31 heavy (non-hydrogen) atoms. The van der Waals surface area contributed by atoms with Gasteiger partial charge in [-0.15, -0.1) is 11.8 Å². The van der Waals surface area contributed by atoms with Crippen LogP contribution in [0.3, 0.4) is 0 Å². The molecule has 0 aromatic heterocycles. The van der Waals surface area contributed by atoms with E-state index in [1.165, 1.54) is 11.8 Å². The molecule has 1 aliphatic heterocycles. The van der Waals surface area contributed by atoms with Crippen LogP contribution in [0.25, 0.3) is 0 Å². The van der Waals surface area contributed by atoms with Crippen molar-refractivity contribution >= 4 is 52.5 Å². The van der Waals surface area contributed by atoms with Crippen LogP contribution >= 0.6 is 23.4 Å². The fourth-order valence-corrected chi connectivity index (χ4v) is 4.23. The van der Waals surface area contributed by atoms with E-state index in [9.17, 15) is 14.4 Å². The molecule has 156 valence electrons. The molecule has 0 saturated carbocycles. The molecule has 8 heteroatoms. The zero-order valence-corrected chi connectivity index (χ0v) is 17.7. The van der Waals surface area contributed by atoms with Crippen LogP contribution in [0, 0.1) is 0 Å². The molecule has 3 aromatic rings. The maximum Gasteiger partial charge on any atom is 0.312 e. The second kappa shape index (κ2) is 9.24. The number of ether oxygens (including phenoxy) is 1. The molecule has 1 atom stereocenters. The minimum Gasteiger partial charge on any atom is -0.426 e. The fraction of sp³-hybridized carbons (Fsp3) is 0.0870. The van der Waals surface area contributed by atoms with Crippen molar-refractivity contribution in [2.24, 2.45) is 0 Å². The van der Waals surface area contributed by atoms with Crippen LogP contribution in [-0.2, 0) is 9.59 Å². The van der Waals surface area contributed by atoms with Crippen LogP contribution in [0.1, 0.15) is 16.8 Å². The van der Waals surface area contributed by atoms with Crippen molar-refractivity contribution in [1.29, 1.82) is 0 Å². The SMILES string of the molecule is O=C(CC1Sc2ccc(Cl)cc2NC1=O)Oc1ccc(NC(=O)c2ccccc2)cc1. The third kappa shape index (κ3) is 5.25. The number of hydrogen-bond acceptors (Lipinski definition) is 5. The van der Waals surface area contributed by atoms with E-state index >= 15 is 0 Å². The molecule has 0 fully saturated rings. The van der Waals surface area contributed by atoms with Gasteiger partial charge in [-0.05, 0) is 54.6 Å². The number of rotatable bonds is 5. The largest absolute Gasteiger partial charge is 0.426 e. The van der Waals surface area contributed by atoms with Crippen LogP contribution < -0.4 is 15.4 Å². The molecule has 1 aliphatic rings. The summed E-state index contributed by atoms with van der Waals surface area (Å²) in [6, 6.07) is 20.5. The Kier molecular flexibility index (Phi) is 6.25. The van der Waals surface area contributed by atoms with E-state index in [-0.39, 0.29) is 18.2 Å². The maximum atomic E-state index is 12.3. The summed E-state index contributed by atoms with van der Waals surface area (Å²) >= 11 is 7.25. The second-order valence-electron chi connectivity index (χ2n) is 6.76. The van der Waals surface area contributed by atoms with Gasteiger partial charge in [-0.2, -0.15) is 0 Å². The molecule has 3 aromatic carbocycles. The van der Waals surface area contributed by atoms with E-state index < -0.39 is 11.2 Å². The lowest BCUT2D eigenvalue weighted by atomic mass is 10.2. The number of amides is 2. The summed E-state index contributed by atoms with van der Waals surface area (Å²) in [5.74, 6) is -0.690. The Balaban J connectivity index is 1.33. The summed E-state index contributed by atoms with van der Waals surface area (Å²) in [4.78, 5) is 37.7. The van der Waals surface area contributed by atoms with Gasteiger partial charge in [-0.1, -0.05) is 29.8 Å². The number of fused-ring (bicyclic) bond motifs is 1. The fourth-order valence-electron chi connectivity index (χ4n) is 2.98. The summed E-state index contributed by atoms with van der Waals surface area (Å²) in [7, 11) is 0. The highest BCUT2D eigenvalue weighted by Crippen LogP contribution is 2.38. The number of nitrogens with one attached hydrogen (secondary N) is 2. The third-order valence-corrected chi connectivity index (χ3v) is 6.00. The van der Waals surface area contributed by atoms with E-state index in [2.05, 4.69) is 10.6 Å². The molecule has 0 saturated heterocycles. The van der Waals surface area contributed by atoms with E-state index in [1.807, 2.05) is 12.1 Å². The predicted molar refractivity (Wildman–Crippen MR) is 121 cm³/mol. The van der Waals surface area contributed by atoms with Crippen molar-refractivity contribution in [3.63, 3.8) is 0 Å². The van der Waals surface area contributed by atoms with Gasteiger partial charge in [-0.25, -0.2) is 0 Å². The van der Waals surface area contributed by atoms with Crippen LogP contribution in [-0.4, -0.2) is 23.0 Å². The van der Waals surface area contributed by atoms with Crippen molar-refractivity contribution in [3.05, 3.63) is 83.4 Å². The molecule has 0 bridgehead atoms. The standard InChI is InChI=1S/C23H17ClN2O4S/c24-15-6-11-19-18(12-15)26-23(29)20(31-19)13-21(27)30-17-9-7-16(8-10-17)25-22(28)14-4-2-1-3-5-14/h1-12,20H,13H2,(H,25,28)(H,26,29). The summed E-state index contributed by atoms with van der Waals surface area (Å²) in [6.45, 7) is 0. The van der Waals surface area contributed by atoms with Crippen molar-refractivity contribution in [3.8, 4) is 5.75 Å². The Morgan fingerprint density at radius 3 is 2.52 bits per heavy atom. The lowest BCUT2D eigenvalue weighted by Crippen LogP contribution is -2.32. The molecule has 2 N–H and O–H groups in total. The van der Waals surface area contributed by atoms with Gasteiger partial charge in [0.2, 0.25) is 5.91 Å². The van der Waals surface area contributed by atoms with E-state index in [4.69, 9.17) is 16.3 Å². The number of carbonyl (C=O) groups is 3. The summed E-state index contributed by atoms with van der Waals surface area (Å²) < 4.78 is 5.35. The maximum absolute atomic E-state index is 12.3. The van der Waals surface area contributed by atoms with Gasteiger partial charge in [0, 0.05) is 21.2 Å². The predicted octanol–water partition coefficient (Wildman–Crippen LogP) is 5.00. The first kappa shape index (κ1) is 21.0. The zero-order chi connectivity index (χ0) is 21.8. The first-order valence-electron chi connectivity index (χ1n) is 9.42. The van der Waals surface area contributed by atoms with Crippen molar-refractivity contribution < 1.29 is 19.1 Å². The van der Waals surface area contributed by atoms with E-state index in [1.54, 1.807) is 60.7 Å². The highest BCUT2D eigenvalue weighted by Gasteiger charge is 2.29. The molecule has 1 heterocycles. The monoisotopic (exact) mass is 452 g/mol. The van der Waals surface area contributed by atoms with Gasteiger partial charge in [-0.3, -0.25) is 14.4 Å². The molecule has 4 rings (SSSR count). The summed E-state index contributed by atoms with van der Waals surface area (Å²) in [6.07, 6.45) is -0.0783. The van der Waals surface area contributed by atoms with Gasteiger partial charge < -0.3 is 15.4 Å². The first-order valence-corrected chi connectivity index (χ1v) is 10.7. The molecular formula is C23H17ClN2O4S. The Bertz CT molecular complexity index is 1140. The molecular weight excluding hydrogens is 436 g/mol. The number of esters is 1. The Morgan fingerprint density at radius 2 is 1.77 bits per heavy atom. The van der Waals surface area contributed by atoms with Gasteiger partial charge in [0.05, 0.1) is 17.4 Å². The Morgan fingerprint density at radius 1 is 1.03 bits per heavy atom. The van der Waals surface area contributed by atoms with Gasteiger partial charge >= 0.3 is 5.97 Å². The van der Waals surface area contributed by atoms with Gasteiger partial charge in [0.25, 0.3) is 5.91 Å². The van der Waals surface area contributed by atoms with Crippen molar-refractivity contribution in [1.82, 2.24) is 0 Å². The smallest absolute Gasteiger partial charge is 0.312 e. The van der Waals surface area contributed by atoms with Crippen LogP contribution in [0.2, 0.25) is 5.02 Å². The second-order valence-corrected chi connectivity index (χ2v) is 8.44. The highest BCUT2D eigenvalue weighted by molar-refractivity contribution is 8.01. The van der Waals surface area contributed by atoms with Gasteiger partial charge in [0.15, 0.2) is 0 Å². The average molecular weight is 453 g/mol. The van der Waals surface area contributed by atoms with E-state index in [0.29, 0.717) is 27.7 Å². The lowest BCUT2D eigenvalue weighted by Gasteiger charge is -2.23. The van der Waals surface area contributed by atoms with Crippen LogP contribution in [0.4, 0.5) is 11.4 Å². The minimum absolute atomic E-state index is 0.0783. The highest BCUT2D eigenvalue weighted by atomic mass is 35.5. The minimum atomic E-state index is -0.592. The Labute approximate surface area is 187 Å². The van der Waals surface area contributed by atoms with Crippen LogP contribution in [0.15, 0.2) is 77.7 Å². The van der Waals surface area contributed by atoms with Crippen molar-refractivity contribution in [2.45, 2.75) is 16.6 Å². The number of anilines is 2. The topological polar surface area (TPSA) is 84.5 Å². The number of hydrogen-bond donors (Lipinski definition) is 2. The quantitative estimate of drug-likeness (QED) is 0.420. The van der Waals surface area contributed by atoms with Crippen LogP contribution in [0.5, 0.6) is 5.75 Å². The van der Waals surface area contributed by atoms with E-state index in [0.717, 1.165) is 4.90 Å². The Hall–Kier alpha value is -3.29. The molecule has 1 unspecified atom stereocenters. The number of halogens is 1. The first-order chi connectivity index (χ1) is 15.0.